The van der Waals surface area contributed by atoms with Crippen molar-refractivity contribution in [2.45, 2.75) is 24.3 Å². The molecule has 1 aliphatic heterocycles. The highest BCUT2D eigenvalue weighted by Gasteiger charge is 2.33. The van der Waals surface area contributed by atoms with Crippen molar-refractivity contribution in [3.05, 3.63) is 59.6 Å². The van der Waals surface area contributed by atoms with Crippen LogP contribution in [0.3, 0.4) is 0 Å². The van der Waals surface area contributed by atoms with E-state index in [0.29, 0.717) is 31.0 Å². The summed E-state index contributed by atoms with van der Waals surface area (Å²) in [6.07, 6.45) is 2.67. The van der Waals surface area contributed by atoms with Gasteiger partial charge < -0.3 is 9.73 Å². The van der Waals surface area contributed by atoms with Crippen LogP contribution in [0.1, 0.15) is 18.5 Å². The Morgan fingerprint density at radius 2 is 2.10 bits per heavy atom. The minimum Gasteiger partial charge on any atom is -0.443 e. The van der Waals surface area contributed by atoms with Crippen LogP contribution in [-0.2, 0) is 21.4 Å². The van der Waals surface area contributed by atoms with Gasteiger partial charge >= 0.3 is 0 Å². The van der Waals surface area contributed by atoms with Gasteiger partial charge in [0.25, 0.3) is 0 Å². The van der Waals surface area contributed by atoms with Gasteiger partial charge in [0.2, 0.25) is 21.8 Å². The van der Waals surface area contributed by atoms with Crippen molar-refractivity contribution in [3.63, 3.8) is 0 Å². The second-order valence-corrected chi connectivity index (χ2v) is 9.88. The van der Waals surface area contributed by atoms with Crippen LogP contribution in [0.4, 0.5) is 4.39 Å². The van der Waals surface area contributed by atoms with Crippen LogP contribution in [0.2, 0.25) is 0 Å². The van der Waals surface area contributed by atoms with Crippen LogP contribution in [0.5, 0.6) is 0 Å². The Labute approximate surface area is 177 Å². The summed E-state index contributed by atoms with van der Waals surface area (Å²) in [5.74, 6) is -0.684. The molecule has 3 aromatic rings. The Morgan fingerprint density at radius 3 is 2.83 bits per heavy atom. The summed E-state index contributed by atoms with van der Waals surface area (Å²) in [4.78, 5) is 17.9. The molecular formula is C20H20FN3O4S2. The molecule has 3 heterocycles. The predicted octanol–water partition coefficient (Wildman–Crippen LogP) is 3.26. The Balaban J connectivity index is 1.37. The number of rotatable bonds is 6. The first kappa shape index (κ1) is 20.7. The van der Waals surface area contributed by atoms with Crippen LogP contribution in [-0.4, -0.2) is 36.7 Å². The summed E-state index contributed by atoms with van der Waals surface area (Å²) in [6, 6.07) is 8.51. The second-order valence-electron chi connectivity index (χ2n) is 7.00. The lowest BCUT2D eigenvalue weighted by Gasteiger charge is -2.31. The molecule has 30 heavy (non-hydrogen) atoms. The fourth-order valence-electron chi connectivity index (χ4n) is 3.35. The van der Waals surface area contributed by atoms with Crippen LogP contribution < -0.4 is 5.32 Å². The molecule has 2 aromatic heterocycles. The van der Waals surface area contributed by atoms with Crippen molar-refractivity contribution in [1.29, 1.82) is 0 Å². The van der Waals surface area contributed by atoms with E-state index in [1.807, 2.05) is 17.5 Å². The van der Waals surface area contributed by atoms with Crippen LogP contribution in [0, 0.1) is 11.7 Å². The molecule has 1 aliphatic rings. The number of oxazole rings is 1. The van der Waals surface area contributed by atoms with E-state index in [1.165, 1.54) is 34.0 Å². The van der Waals surface area contributed by atoms with Gasteiger partial charge in [-0.3, -0.25) is 4.79 Å². The zero-order valence-corrected chi connectivity index (χ0v) is 17.6. The largest absolute Gasteiger partial charge is 0.443 e. The van der Waals surface area contributed by atoms with Gasteiger partial charge in [-0.15, -0.1) is 11.3 Å². The lowest BCUT2D eigenvalue weighted by molar-refractivity contribution is -0.126. The standard InChI is InChI=1S/C20H20FN3O4S2/c21-15-5-7-17(8-6-15)30(26,27)24-9-1-3-14(12-24)19(25)22-11-16-13-28-20(23-16)18-4-2-10-29-18/h2,4-8,10,13-14H,1,3,9,11-12H2,(H,22,25)/t14-/m1/s1. The van der Waals surface area contributed by atoms with E-state index in [2.05, 4.69) is 10.3 Å². The van der Waals surface area contributed by atoms with E-state index in [9.17, 15) is 17.6 Å². The fourth-order valence-corrected chi connectivity index (χ4v) is 5.53. The molecule has 1 amide bonds. The molecule has 1 aromatic carbocycles. The number of benzene rings is 1. The fraction of sp³-hybridized carbons (Fsp3) is 0.300. The number of carbonyl (C=O) groups excluding carboxylic acids is 1. The summed E-state index contributed by atoms with van der Waals surface area (Å²) < 4.78 is 45.5. The maximum Gasteiger partial charge on any atom is 0.243 e. The van der Waals surface area contributed by atoms with Crippen molar-refractivity contribution < 1.29 is 22.0 Å². The monoisotopic (exact) mass is 449 g/mol. The maximum atomic E-state index is 13.1. The van der Waals surface area contributed by atoms with Crippen molar-refractivity contribution in [2.24, 2.45) is 5.92 Å². The van der Waals surface area contributed by atoms with E-state index in [1.54, 1.807) is 0 Å². The van der Waals surface area contributed by atoms with E-state index >= 15 is 0 Å². The Kier molecular flexibility index (Phi) is 5.98. The van der Waals surface area contributed by atoms with Crippen LogP contribution in [0.25, 0.3) is 10.8 Å². The number of nitrogens with one attached hydrogen (secondary N) is 1. The number of aromatic nitrogens is 1. The normalized spacial score (nSPS) is 17.7. The molecule has 7 nitrogen and oxygen atoms in total. The minimum atomic E-state index is -3.77. The van der Waals surface area contributed by atoms with Gasteiger partial charge in [-0.1, -0.05) is 6.07 Å². The topological polar surface area (TPSA) is 92.5 Å². The third-order valence-corrected chi connectivity index (χ3v) is 7.67. The van der Waals surface area contributed by atoms with Gasteiger partial charge in [0.1, 0.15) is 12.1 Å². The van der Waals surface area contributed by atoms with Crippen LogP contribution >= 0.6 is 11.3 Å². The van der Waals surface area contributed by atoms with Gasteiger partial charge in [0.15, 0.2) is 0 Å². The van der Waals surface area contributed by atoms with Crippen LogP contribution in [0.15, 0.2) is 57.4 Å². The molecule has 10 heteroatoms. The lowest BCUT2D eigenvalue weighted by atomic mass is 9.99. The number of halogens is 1. The Bertz CT molecular complexity index is 1110. The SMILES string of the molecule is O=C(NCc1coc(-c2cccs2)n1)[C@@H]1CCCN(S(=O)(=O)c2ccc(F)cc2)C1. The molecule has 4 rings (SSSR count). The van der Waals surface area contributed by atoms with Gasteiger partial charge in [0.05, 0.1) is 27.9 Å². The molecule has 0 radical (unpaired) electrons. The third-order valence-electron chi connectivity index (χ3n) is 4.93. The van der Waals surface area contributed by atoms with E-state index in [-0.39, 0.29) is 23.9 Å². The first-order valence-corrected chi connectivity index (χ1v) is 11.8. The van der Waals surface area contributed by atoms with Gasteiger partial charge in [-0.25, -0.2) is 17.8 Å². The number of hydrogen-bond donors (Lipinski definition) is 1. The highest BCUT2D eigenvalue weighted by Crippen LogP contribution is 2.25. The molecular weight excluding hydrogens is 429 g/mol. The first-order valence-electron chi connectivity index (χ1n) is 9.45. The summed E-state index contributed by atoms with van der Waals surface area (Å²) in [5, 5.41) is 4.74. The summed E-state index contributed by atoms with van der Waals surface area (Å²) in [7, 11) is -3.77. The molecule has 1 atom stereocenters. The molecule has 158 valence electrons. The molecule has 1 fully saturated rings. The average molecular weight is 450 g/mol. The number of amides is 1. The summed E-state index contributed by atoms with van der Waals surface area (Å²) in [5.41, 5.74) is 0.596. The zero-order valence-electron chi connectivity index (χ0n) is 16.0. The van der Waals surface area contributed by atoms with Crippen molar-refractivity contribution >= 4 is 27.3 Å². The number of sulfonamides is 1. The molecule has 0 saturated carbocycles. The number of nitrogens with zero attached hydrogens (tertiary/aromatic N) is 2. The van der Waals surface area contributed by atoms with Gasteiger partial charge in [0, 0.05) is 13.1 Å². The second kappa shape index (κ2) is 8.66. The molecule has 0 aliphatic carbocycles. The Morgan fingerprint density at radius 1 is 1.30 bits per heavy atom. The molecule has 1 N–H and O–H groups in total. The van der Waals surface area contributed by atoms with Crippen molar-refractivity contribution in [3.8, 4) is 10.8 Å². The molecule has 0 spiro atoms. The summed E-state index contributed by atoms with van der Waals surface area (Å²) in [6.45, 7) is 0.622. The quantitative estimate of drug-likeness (QED) is 0.624. The maximum absolute atomic E-state index is 13.1. The Hall–Kier alpha value is -2.56. The van der Waals surface area contributed by atoms with Gasteiger partial charge in [-0.05, 0) is 48.6 Å². The van der Waals surface area contributed by atoms with E-state index in [4.69, 9.17) is 4.42 Å². The van der Waals surface area contributed by atoms with Crippen molar-refractivity contribution in [2.75, 3.05) is 13.1 Å². The number of thiophene rings is 1. The molecule has 1 saturated heterocycles. The average Bonchev–Trinajstić information content (AvgIpc) is 3.44. The molecule has 0 unspecified atom stereocenters. The lowest BCUT2D eigenvalue weighted by Crippen LogP contribution is -2.45. The van der Waals surface area contributed by atoms with E-state index in [0.717, 1.165) is 17.0 Å². The first-order chi connectivity index (χ1) is 14.4. The van der Waals surface area contributed by atoms with Gasteiger partial charge in [-0.2, -0.15) is 4.31 Å². The highest BCUT2D eigenvalue weighted by molar-refractivity contribution is 7.89. The zero-order chi connectivity index (χ0) is 21.1. The minimum absolute atomic E-state index is 0.0219. The number of hydrogen-bond acceptors (Lipinski definition) is 6. The van der Waals surface area contributed by atoms with E-state index < -0.39 is 21.8 Å². The van der Waals surface area contributed by atoms with Crippen molar-refractivity contribution in [1.82, 2.24) is 14.6 Å². The molecule has 0 bridgehead atoms. The number of carbonyl (C=O) groups is 1. The number of piperidine rings is 1. The summed E-state index contributed by atoms with van der Waals surface area (Å²) >= 11 is 1.51. The predicted molar refractivity (Wildman–Crippen MR) is 110 cm³/mol. The third kappa shape index (κ3) is 4.45. The smallest absolute Gasteiger partial charge is 0.243 e. The highest BCUT2D eigenvalue weighted by atomic mass is 32.2.